The highest BCUT2D eigenvalue weighted by atomic mass is 32.2. The number of halogens is 1. The summed E-state index contributed by atoms with van der Waals surface area (Å²) in [6, 6.07) is 8.49. The van der Waals surface area contributed by atoms with E-state index in [0.717, 1.165) is 18.5 Å². The van der Waals surface area contributed by atoms with Gasteiger partial charge >= 0.3 is 0 Å². The van der Waals surface area contributed by atoms with Crippen molar-refractivity contribution in [1.82, 2.24) is 19.9 Å². The number of amides is 1. The number of hydrogen-bond donors (Lipinski definition) is 1. The lowest BCUT2D eigenvalue weighted by Gasteiger charge is -2.12. The molecule has 1 fully saturated rings. The van der Waals surface area contributed by atoms with Gasteiger partial charge in [0.05, 0.1) is 17.0 Å². The van der Waals surface area contributed by atoms with Crippen molar-refractivity contribution < 1.29 is 13.7 Å². The summed E-state index contributed by atoms with van der Waals surface area (Å²) in [6.07, 6.45) is 1.99. The van der Waals surface area contributed by atoms with Crippen LogP contribution in [0.5, 0.6) is 0 Å². The van der Waals surface area contributed by atoms with Gasteiger partial charge in [0.2, 0.25) is 11.8 Å². The van der Waals surface area contributed by atoms with Crippen molar-refractivity contribution in [2.75, 3.05) is 11.1 Å². The third-order valence-corrected chi connectivity index (χ3v) is 5.51. The molecule has 0 radical (unpaired) electrons. The number of rotatable bonds is 6. The minimum Gasteiger partial charge on any atom is -0.338 e. The second-order valence-corrected chi connectivity index (χ2v) is 8.99. The van der Waals surface area contributed by atoms with Crippen LogP contribution >= 0.6 is 11.8 Å². The lowest BCUT2D eigenvalue weighted by molar-refractivity contribution is -0.113. The van der Waals surface area contributed by atoms with Crippen molar-refractivity contribution in [2.24, 2.45) is 0 Å². The van der Waals surface area contributed by atoms with Crippen LogP contribution in [0.4, 0.5) is 10.3 Å². The number of anilines is 1. The number of carbonyl (C=O) groups is 1. The molecule has 2 heterocycles. The van der Waals surface area contributed by atoms with E-state index in [1.54, 1.807) is 24.3 Å². The number of nitrogens with zero attached hydrogens (tertiary/aromatic N) is 4. The molecule has 3 aromatic rings. The smallest absolute Gasteiger partial charge is 0.237 e. The Bertz CT molecular complexity index is 1040. The number of aromatic nitrogens is 4. The van der Waals surface area contributed by atoms with Crippen LogP contribution in [-0.2, 0) is 10.2 Å². The Balaban J connectivity index is 1.46. The topological polar surface area (TPSA) is 85.8 Å². The van der Waals surface area contributed by atoms with Crippen LogP contribution < -0.4 is 5.32 Å². The Kier molecular flexibility index (Phi) is 5.16. The molecule has 29 heavy (non-hydrogen) atoms. The summed E-state index contributed by atoms with van der Waals surface area (Å²) in [6.45, 7) is 6.05. The van der Waals surface area contributed by atoms with Crippen LogP contribution in [0.25, 0.3) is 11.4 Å². The van der Waals surface area contributed by atoms with E-state index in [4.69, 9.17) is 4.52 Å². The van der Waals surface area contributed by atoms with Crippen LogP contribution in [0.1, 0.15) is 45.3 Å². The molecular weight excluding hydrogens is 393 g/mol. The van der Waals surface area contributed by atoms with Gasteiger partial charge < -0.3 is 4.52 Å². The summed E-state index contributed by atoms with van der Waals surface area (Å²) < 4.78 is 21.4. The van der Waals surface area contributed by atoms with E-state index in [1.807, 2.05) is 25.3 Å². The number of benzene rings is 1. The van der Waals surface area contributed by atoms with E-state index < -0.39 is 0 Å². The fourth-order valence-electron chi connectivity index (χ4n) is 2.85. The van der Waals surface area contributed by atoms with Gasteiger partial charge in [0, 0.05) is 17.5 Å². The average Bonchev–Trinajstić information content (AvgIpc) is 3.23. The molecule has 1 saturated carbocycles. The molecule has 0 atom stereocenters. The van der Waals surface area contributed by atoms with Gasteiger partial charge in [0.1, 0.15) is 5.82 Å². The fraction of sp³-hybridized carbons (Fsp3) is 0.400. The quantitative estimate of drug-likeness (QED) is 0.599. The Hall–Kier alpha value is -2.68. The van der Waals surface area contributed by atoms with Crippen LogP contribution in [0.15, 0.2) is 40.0 Å². The Morgan fingerprint density at radius 3 is 2.72 bits per heavy atom. The second kappa shape index (κ2) is 7.62. The van der Waals surface area contributed by atoms with Gasteiger partial charge in [-0.3, -0.25) is 14.7 Å². The zero-order valence-electron chi connectivity index (χ0n) is 16.5. The molecule has 1 aromatic carbocycles. The molecule has 1 aliphatic carbocycles. The highest BCUT2D eigenvalue weighted by molar-refractivity contribution is 7.99. The molecule has 1 amide bonds. The summed E-state index contributed by atoms with van der Waals surface area (Å²) in [5, 5.41) is 15.7. The van der Waals surface area contributed by atoms with Crippen molar-refractivity contribution in [1.29, 1.82) is 0 Å². The maximum absolute atomic E-state index is 14.2. The molecule has 1 aliphatic rings. The molecule has 0 unspecified atom stereocenters. The summed E-state index contributed by atoms with van der Waals surface area (Å²) in [4.78, 5) is 12.3. The van der Waals surface area contributed by atoms with Crippen LogP contribution in [0.3, 0.4) is 0 Å². The van der Waals surface area contributed by atoms with Crippen molar-refractivity contribution in [3.05, 3.63) is 41.8 Å². The predicted molar refractivity (Wildman–Crippen MR) is 108 cm³/mol. The van der Waals surface area contributed by atoms with Crippen LogP contribution in [0, 0.1) is 5.82 Å². The Morgan fingerprint density at radius 2 is 2.07 bits per heavy atom. The molecule has 0 bridgehead atoms. The largest absolute Gasteiger partial charge is 0.338 e. The minimum atomic E-state index is -0.337. The van der Waals surface area contributed by atoms with Gasteiger partial charge in [-0.1, -0.05) is 49.8 Å². The first-order valence-electron chi connectivity index (χ1n) is 9.42. The molecule has 0 spiro atoms. The van der Waals surface area contributed by atoms with E-state index in [1.165, 1.54) is 17.8 Å². The minimum absolute atomic E-state index is 0.133. The third kappa shape index (κ3) is 4.34. The van der Waals surface area contributed by atoms with Crippen molar-refractivity contribution in [3.8, 4) is 11.4 Å². The summed E-state index contributed by atoms with van der Waals surface area (Å²) in [7, 11) is 0. The van der Waals surface area contributed by atoms with Gasteiger partial charge in [-0.15, -0.1) is 10.2 Å². The zero-order chi connectivity index (χ0) is 20.6. The number of hydrogen-bond acceptors (Lipinski definition) is 6. The third-order valence-electron chi connectivity index (χ3n) is 4.56. The number of nitrogens with one attached hydrogen (secondary N) is 1. The van der Waals surface area contributed by atoms with E-state index in [9.17, 15) is 9.18 Å². The maximum Gasteiger partial charge on any atom is 0.237 e. The molecule has 1 N–H and O–H groups in total. The first kappa shape index (κ1) is 19.6. The zero-order valence-corrected chi connectivity index (χ0v) is 17.3. The average molecular weight is 415 g/mol. The number of thioether (sulfide) groups is 1. The van der Waals surface area contributed by atoms with Crippen molar-refractivity contribution in [2.45, 2.75) is 50.2 Å². The van der Waals surface area contributed by atoms with E-state index in [-0.39, 0.29) is 28.9 Å². The maximum atomic E-state index is 14.2. The molecular formula is C20H22FN5O2S. The fourth-order valence-corrected chi connectivity index (χ4v) is 3.66. The molecule has 0 saturated heterocycles. The molecule has 4 rings (SSSR count). The summed E-state index contributed by atoms with van der Waals surface area (Å²) >= 11 is 1.27. The van der Waals surface area contributed by atoms with Gasteiger partial charge in [0.25, 0.3) is 0 Å². The molecule has 2 aromatic heterocycles. The summed E-state index contributed by atoms with van der Waals surface area (Å²) in [5.74, 6) is 0.378. The first-order valence-corrected chi connectivity index (χ1v) is 10.4. The molecule has 0 aliphatic heterocycles. The molecule has 152 valence electrons. The van der Waals surface area contributed by atoms with E-state index in [0.29, 0.717) is 22.4 Å². The summed E-state index contributed by atoms with van der Waals surface area (Å²) in [5.41, 5.74) is 1.02. The normalized spacial score (nSPS) is 14.2. The highest BCUT2D eigenvalue weighted by Crippen LogP contribution is 2.41. The lowest BCUT2D eigenvalue weighted by Crippen LogP contribution is -2.14. The Morgan fingerprint density at radius 1 is 1.31 bits per heavy atom. The van der Waals surface area contributed by atoms with Crippen LogP contribution in [0.2, 0.25) is 0 Å². The van der Waals surface area contributed by atoms with Gasteiger partial charge in [-0.25, -0.2) is 4.39 Å². The van der Waals surface area contributed by atoms with Crippen molar-refractivity contribution in [3.63, 3.8) is 0 Å². The second-order valence-electron chi connectivity index (χ2n) is 8.05. The van der Waals surface area contributed by atoms with E-state index in [2.05, 4.69) is 20.7 Å². The first-order chi connectivity index (χ1) is 13.8. The standard InChI is InChI=1S/C20H22FN5O2S/c1-20(2,3)15-10-17(28-25-15)22-16(27)11-29-19-24-23-18(26(19)12-8-9-12)13-6-4-5-7-14(13)21/h4-7,10,12H,8-9,11H2,1-3H3,(H,22,27). The Labute approximate surface area is 172 Å². The molecule has 7 nitrogen and oxygen atoms in total. The van der Waals surface area contributed by atoms with Gasteiger partial charge in [-0.2, -0.15) is 0 Å². The molecule has 9 heteroatoms. The van der Waals surface area contributed by atoms with Gasteiger partial charge in [-0.05, 0) is 25.0 Å². The van der Waals surface area contributed by atoms with Crippen LogP contribution in [-0.4, -0.2) is 31.6 Å². The monoisotopic (exact) mass is 415 g/mol. The SMILES string of the molecule is CC(C)(C)c1cc(NC(=O)CSc2nnc(-c3ccccc3F)n2C2CC2)on1. The lowest BCUT2D eigenvalue weighted by atomic mass is 9.92. The highest BCUT2D eigenvalue weighted by Gasteiger charge is 2.31. The van der Waals surface area contributed by atoms with Gasteiger partial charge in [0.15, 0.2) is 11.0 Å². The number of carbonyl (C=O) groups excluding carboxylic acids is 1. The van der Waals surface area contributed by atoms with Crippen molar-refractivity contribution >= 4 is 23.6 Å². The van der Waals surface area contributed by atoms with E-state index >= 15 is 0 Å². The predicted octanol–water partition coefficient (Wildman–Crippen LogP) is 4.44.